The van der Waals surface area contributed by atoms with E-state index in [1.165, 1.54) is 6.20 Å². The van der Waals surface area contributed by atoms with E-state index in [2.05, 4.69) is 15.0 Å². The molecular formula is C23H28ClFN4O2S. The number of piperidine rings is 1. The molecule has 9 heteroatoms. The maximum atomic E-state index is 14.6. The van der Waals surface area contributed by atoms with Crippen LogP contribution >= 0.6 is 11.6 Å². The third-order valence-electron chi connectivity index (χ3n) is 6.18. The van der Waals surface area contributed by atoms with Gasteiger partial charge in [0.15, 0.2) is 11.6 Å². The average molecular weight is 479 g/mol. The van der Waals surface area contributed by atoms with E-state index in [0.29, 0.717) is 48.8 Å². The first-order valence-electron chi connectivity index (χ1n) is 11.3. The summed E-state index contributed by atoms with van der Waals surface area (Å²) < 4.78 is 41.8. The number of halogens is 2. The second-order valence-corrected chi connectivity index (χ2v) is 10.9. The molecular weight excluding hydrogens is 451 g/mol. The number of allylic oxidation sites excluding steroid dienone is 1. The summed E-state index contributed by atoms with van der Waals surface area (Å²) >= 11 is 6.11. The van der Waals surface area contributed by atoms with E-state index in [1.54, 1.807) is 10.5 Å². The van der Waals surface area contributed by atoms with Crippen molar-refractivity contribution in [3.05, 3.63) is 58.2 Å². The summed E-state index contributed by atoms with van der Waals surface area (Å²) in [5, 5.41) is 0.528. The van der Waals surface area contributed by atoms with Gasteiger partial charge in [-0.15, -0.1) is 0 Å². The minimum atomic E-state index is -3.29. The fourth-order valence-corrected chi connectivity index (χ4v) is 6.59. The molecule has 3 heterocycles. The van der Waals surface area contributed by atoms with E-state index in [0.717, 1.165) is 42.5 Å². The lowest BCUT2D eigenvalue weighted by Crippen LogP contribution is -2.45. The first kappa shape index (κ1) is 23.3. The molecule has 2 aliphatic rings. The number of aryl methyl sites for hydroxylation is 1. The Morgan fingerprint density at radius 2 is 2.09 bits per heavy atom. The van der Waals surface area contributed by atoms with Crippen molar-refractivity contribution in [1.29, 1.82) is 0 Å². The van der Waals surface area contributed by atoms with Crippen LogP contribution in [0, 0.1) is 5.82 Å². The quantitative estimate of drug-likeness (QED) is 0.555. The largest absolute Gasteiger partial charge is 0.259 e. The summed E-state index contributed by atoms with van der Waals surface area (Å²) in [6.07, 6.45) is 10.5. The Labute approximate surface area is 194 Å². The highest BCUT2D eigenvalue weighted by molar-refractivity contribution is 7.89. The Kier molecular flexibility index (Phi) is 7.22. The normalized spacial score (nSPS) is 19.1. The predicted molar refractivity (Wildman–Crippen MR) is 123 cm³/mol. The second-order valence-electron chi connectivity index (χ2n) is 8.43. The van der Waals surface area contributed by atoms with Crippen molar-refractivity contribution in [2.45, 2.75) is 64.3 Å². The van der Waals surface area contributed by atoms with Gasteiger partial charge in [0.25, 0.3) is 0 Å². The van der Waals surface area contributed by atoms with Crippen molar-refractivity contribution in [1.82, 2.24) is 19.3 Å². The lowest BCUT2D eigenvalue weighted by atomic mass is 9.99. The van der Waals surface area contributed by atoms with Crippen LogP contribution in [0.2, 0.25) is 5.02 Å². The summed E-state index contributed by atoms with van der Waals surface area (Å²) in [7, 11) is -3.29. The minimum absolute atomic E-state index is 0.113. The van der Waals surface area contributed by atoms with Crippen molar-refractivity contribution in [2.24, 2.45) is 0 Å². The third-order valence-corrected chi connectivity index (χ3v) is 8.39. The van der Waals surface area contributed by atoms with Gasteiger partial charge in [-0.1, -0.05) is 37.4 Å². The Bertz CT molecular complexity index is 1120. The lowest BCUT2D eigenvalue weighted by molar-refractivity contribution is 0.240. The molecule has 0 amide bonds. The van der Waals surface area contributed by atoms with E-state index >= 15 is 0 Å². The molecule has 1 fully saturated rings. The first-order chi connectivity index (χ1) is 15.4. The van der Waals surface area contributed by atoms with Crippen LogP contribution in [0.5, 0.6) is 0 Å². The zero-order chi connectivity index (χ0) is 22.7. The molecule has 1 aliphatic carbocycles. The van der Waals surface area contributed by atoms with Gasteiger partial charge in [-0.2, -0.15) is 4.31 Å². The van der Waals surface area contributed by atoms with Crippen LogP contribution in [0.15, 0.2) is 24.5 Å². The molecule has 0 radical (unpaired) electrons. The summed E-state index contributed by atoms with van der Waals surface area (Å²) in [4.78, 5) is 13.1. The van der Waals surface area contributed by atoms with Crippen LogP contribution in [0.1, 0.15) is 68.2 Å². The van der Waals surface area contributed by atoms with Gasteiger partial charge in [0, 0.05) is 36.3 Å². The fraction of sp³-hybridized carbons (Fsp3) is 0.522. The van der Waals surface area contributed by atoms with E-state index in [9.17, 15) is 12.8 Å². The third kappa shape index (κ3) is 5.02. The van der Waals surface area contributed by atoms with Crippen LogP contribution in [-0.4, -0.2) is 46.0 Å². The number of unbranched alkanes of at least 4 members (excludes halogenated alkanes) is 1. The van der Waals surface area contributed by atoms with Crippen LogP contribution < -0.4 is 0 Å². The van der Waals surface area contributed by atoms with Crippen LogP contribution in [0.3, 0.4) is 0 Å². The molecule has 0 bridgehead atoms. The number of aromatic nitrogens is 3. The molecule has 0 saturated carbocycles. The van der Waals surface area contributed by atoms with E-state index < -0.39 is 15.8 Å². The number of fused-ring (bicyclic) bond motifs is 1. The molecule has 4 rings (SSSR count). The van der Waals surface area contributed by atoms with Crippen molar-refractivity contribution in [2.75, 3.05) is 12.3 Å². The lowest BCUT2D eigenvalue weighted by Gasteiger charge is -2.34. The summed E-state index contributed by atoms with van der Waals surface area (Å²) in [6, 6.07) is 1.72. The molecule has 0 N–H and O–H groups in total. The van der Waals surface area contributed by atoms with Gasteiger partial charge >= 0.3 is 0 Å². The second kappa shape index (κ2) is 9.93. The first-order valence-corrected chi connectivity index (χ1v) is 13.2. The number of sulfonamides is 1. The Morgan fingerprint density at radius 3 is 2.91 bits per heavy atom. The Morgan fingerprint density at radius 1 is 1.25 bits per heavy atom. The van der Waals surface area contributed by atoms with Gasteiger partial charge in [0.2, 0.25) is 10.0 Å². The van der Waals surface area contributed by atoms with E-state index in [4.69, 9.17) is 11.6 Å². The number of hydrogen-bond acceptors (Lipinski definition) is 5. The number of pyridine rings is 1. The molecule has 0 aromatic carbocycles. The zero-order valence-corrected chi connectivity index (χ0v) is 19.8. The van der Waals surface area contributed by atoms with Crippen LogP contribution in [0.25, 0.3) is 5.57 Å². The highest BCUT2D eigenvalue weighted by Gasteiger charge is 2.32. The van der Waals surface area contributed by atoms with E-state index in [1.807, 2.05) is 19.1 Å². The number of rotatable bonds is 8. The molecule has 6 nitrogen and oxygen atoms in total. The number of hydrogen-bond donors (Lipinski definition) is 0. The van der Waals surface area contributed by atoms with Crippen LogP contribution in [0.4, 0.5) is 4.39 Å². The van der Waals surface area contributed by atoms with Gasteiger partial charge in [-0.3, -0.25) is 4.98 Å². The van der Waals surface area contributed by atoms with E-state index in [-0.39, 0.29) is 11.8 Å². The topological polar surface area (TPSA) is 76.1 Å². The zero-order valence-electron chi connectivity index (χ0n) is 18.2. The van der Waals surface area contributed by atoms with Crippen molar-refractivity contribution < 1.29 is 12.8 Å². The molecule has 172 valence electrons. The summed E-state index contributed by atoms with van der Waals surface area (Å²) in [6.45, 7) is 2.53. The number of nitrogens with zero attached hydrogens (tertiary/aromatic N) is 4. The molecule has 1 unspecified atom stereocenters. The van der Waals surface area contributed by atoms with Crippen LogP contribution in [-0.2, 0) is 22.9 Å². The smallest absolute Gasteiger partial charge is 0.214 e. The summed E-state index contributed by atoms with van der Waals surface area (Å²) in [5.41, 5.74) is 2.89. The average Bonchev–Trinajstić information content (AvgIpc) is 3.20. The van der Waals surface area contributed by atoms with Crippen molar-refractivity contribution in [3.63, 3.8) is 0 Å². The maximum absolute atomic E-state index is 14.6. The molecule has 0 spiro atoms. The minimum Gasteiger partial charge on any atom is -0.259 e. The Balaban J connectivity index is 1.51. The molecule has 1 aliphatic heterocycles. The van der Waals surface area contributed by atoms with Gasteiger partial charge in [0.1, 0.15) is 0 Å². The maximum Gasteiger partial charge on any atom is 0.214 e. The van der Waals surface area contributed by atoms with Gasteiger partial charge in [0.05, 0.1) is 28.4 Å². The monoisotopic (exact) mass is 478 g/mol. The molecule has 2 aromatic rings. The van der Waals surface area contributed by atoms with Gasteiger partial charge in [-0.25, -0.2) is 22.8 Å². The molecule has 1 atom stereocenters. The highest BCUT2D eigenvalue weighted by atomic mass is 35.5. The molecule has 32 heavy (non-hydrogen) atoms. The fourth-order valence-electron chi connectivity index (χ4n) is 4.47. The molecule has 2 aromatic heterocycles. The highest BCUT2D eigenvalue weighted by Crippen LogP contribution is 2.32. The Hall–Kier alpha value is -1.90. The summed E-state index contributed by atoms with van der Waals surface area (Å²) in [5.74, 6) is 0.157. The molecule has 1 saturated heterocycles. The van der Waals surface area contributed by atoms with Gasteiger partial charge in [-0.05, 0) is 38.2 Å². The SMILES string of the molecule is CCCCS(=O)(=O)N1CCCCC1CCc1nc(C2=CCc3ncc(Cl)cc32)ncc1F. The standard InChI is InChI=1S/C23H28ClFN4O2S/c1-2-3-12-32(30,31)29-11-5-4-6-17(29)7-9-22-20(25)15-27-23(28-22)18-8-10-21-19(18)13-16(24)14-26-21/h8,13-15,17H,2-7,9-12H2,1H3. The van der Waals surface area contributed by atoms with Crippen molar-refractivity contribution >= 4 is 27.2 Å². The predicted octanol–water partition coefficient (Wildman–Crippen LogP) is 4.57. The van der Waals surface area contributed by atoms with Gasteiger partial charge < -0.3 is 0 Å². The van der Waals surface area contributed by atoms with Crippen molar-refractivity contribution in [3.8, 4) is 0 Å².